The van der Waals surface area contributed by atoms with Crippen molar-refractivity contribution in [2.75, 3.05) is 11.5 Å². The van der Waals surface area contributed by atoms with Crippen LogP contribution in [0.25, 0.3) is 0 Å². The highest BCUT2D eigenvalue weighted by molar-refractivity contribution is 5.44. The van der Waals surface area contributed by atoms with Crippen LogP contribution in [0.15, 0.2) is 97.1 Å². The molecule has 0 amide bonds. The summed E-state index contributed by atoms with van der Waals surface area (Å²) in [5.41, 5.74) is 15.3. The van der Waals surface area contributed by atoms with E-state index in [2.05, 4.69) is 24.3 Å². The number of nitrogens with two attached hydrogens (primary N) is 2. The van der Waals surface area contributed by atoms with Crippen molar-refractivity contribution < 1.29 is 9.47 Å². The second-order valence-electron chi connectivity index (χ2n) is 6.81. The number of benzene rings is 4. The molecule has 0 unspecified atom stereocenters. The standard InChI is InChI=1S/C25H22N2O2/c26-20-5-13-24(14-6-20)28-22-9-1-18(2-10-22)17-19-3-11-23(12-4-19)29-25-15-7-21(27)8-16-25/h1-16H,17,26-27H2. The van der Waals surface area contributed by atoms with E-state index in [0.717, 1.165) is 40.8 Å². The Morgan fingerprint density at radius 3 is 1.00 bits per heavy atom. The van der Waals surface area contributed by atoms with Crippen molar-refractivity contribution in [3.63, 3.8) is 0 Å². The molecule has 4 rings (SSSR count). The molecule has 4 N–H and O–H groups in total. The van der Waals surface area contributed by atoms with E-state index in [4.69, 9.17) is 20.9 Å². The van der Waals surface area contributed by atoms with E-state index < -0.39 is 0 Å². The Morgan fingerprint density at radius 1 is 0.414 bits per heavy atom. The van der Waals surface area contributed by atoms with Gasteiger partial charge in [-0.05, 0) is 90.3 Å². The smallest absolute Gasteiger partial charge is 0.127 e. The summed E-state index contributed by atoms with van der Waals surface area (Å²) < 4.78 is 11.7. The lowest BCUT2D eigenvalue weighted by Gasteiger charge is -2.09. The first kappa shape index (κ1) is 18.4. The van der Waals surface area contributed by atoms with Crippen LogP contribution in [0.4, 0.5) is 11.4 Å². The lowest BCUT2D eigenvalue weighted by Crippen LogP contribution is -1.91. The number of nitrogen functional groups attached to an aromatic ring is 2. The highest BCUT2D eigenvalue weighted by Crippen LogP contribution is 2.25. The van der Waals surface area contributed by atoms with E-state index >= 15 is 0 Å². The van der Waals surface area contributed by atoms with Crippen LogP contribution in [0.2, 0.25) is 0 Å². The van der Waals surface area contributed by atoms with Gasteiger partial charge in [0, 0.05) is 11.4 Å². The molecule has 0 heterocycles. The molecule has 0 spiro atoms. The second kappa shape index (κ2) is 8.40. The topological polar surface area (TPSA) is 70.5 Å². The molecule has 4 aromatic carbocycles. The van der Waals surface area contributed by atoms with Gasteiger partial charge < -0.3 is 20.9 Å². The first-order valence-electron chi connectivity index (χ1n) is 9.39. The zero-order valence-electron chi connectivity index (χ0n) is 15.9. The highest BCUT2D eigenvalue weighted by atomic mass is 16.5. The Hall–Kier alpha value is -3.92. The van der Waals surface area contributed by atoms with Gasteiger partial charge in [-0.3, -0.25) is 0 Å². The van der Waals surface area contributed by atoms with Crippen molar-refractivity contribution in [3.8, 4) is 23.0 Å². The lowest BCUT2D eigenvalue weighted by atomic mass is 10.0. The number of hydrogen-bond acceptors (Lipinski definition) is 4. The number of rotatable bonds is 6. The number of hydrogen-bond donors (Lipinski definition) is 2. The number of anilines is 2. The summed E-state index contributed by atoms with van der Waals surface area (Å²) in [4.78, 5) is 0. The predicted octanol–water partition coefficient (Wildman–Crippen LogP) is 6.03. The van der Waals surface area contributed by atoms with Crippen LogP contribution >= 0.6 is 0 Å². The zero-order chi connectivity index (χ0) is 20.1. The molecule has 0 aromatic heterocycles. The Balaban J connectivity index is 1.36. The van der Waals surface area contributed by atoms with E-state index in [1.165, 1.54) is 11.1 Å². The van der Waals surface area contributed by atoms with Crippen LogP contribution in [-0.4, -0.2) is 0 Å². The minimum Gasteiger partial charge on any atom is -0.457 e. The predicted molar refractivity (Wildman–Crippen MR) is 118 cm³/mol. The Labute approximate surface area is 170 Å². The summed E-state index contributed by atoms with van der Waals surface area (Å²) in [7, 11) is 0. The Bertz CT molecular complexity index is 967. The molecule has 0 aliphatic heterocycles. The van der Waals surface area contributed by atoms with Crippen molar-refractivity contribution in [1.82, 2.24) is 0 Å². The summed E-state index contributed by atoms with van der Waals surface area (Å²) in [5.74, 6) is 3.13. The van der Waals surface area contributed by atoms with Crippen molar-refractivity contribution in [1.29, 1.82) is 0 Å². The van der Waals surface area contributed by atoms with Crippen LogP contribution in [0.1, 0.15) is 11.1 Å². The third-order valence-electron chi connectivity index (χ3n) is 4.49. The molecule has 0 aliphatic carbocycles. The van der Waals surface area contributed by atoms with Gasteiger partial charge in [0.05, 0.1) is 0 Å². The van der Waals surface area contributed by atoms with Gasteiger partial charge in [0.15, 0.2) is 0 Å². The van der Waals surface area contributed by atoms with Gasteiger partial charge in [0.1, 0.15) is 23.0 Å². The van der Waals surface area contributed by atoms with E-state index in [9.17, 15) is 0 Å². The lowest BCUT2D eigenvalue weighted by molar-refractivity contribution is 0.482. The van der Waals surface area contributed by atoms with Crippen molar-refractivity contribution in [2.45, 2.75) is 6.42 Å². The molecule has 0 aliphatic rings. The first-order chi connectivity index (χ1) is 14.1. The minimum absolute atomic E-state index is 0.720. The zero-order valence-corrected chi connectivity index (χ0v) is 15.9. The minimum atomic E-state index is 0.720. The van der Waals surface area contributed by atoms with Gasteiger partial charge in [0.25, 0.3) is 0 Å². The fraction of sp³-hybridized carbons (Fsp3) is 0.0400. The van der Waals surface area contributed by atoms with Crippen LogP contribution in [0, 0.1) is 0 Å². The van der Waals surface area contributed by atoms with Gasteiger partial charge in [0.2, 0.25) is 0 Å². The van der Waals surface area contributed by atoms with Crippen LogP contribution in [0.5, 0.6) is 23.0 Å². The van der Waals surface area contributed by atoms with Crippen molar-refractivity contribution in [2.24, 2.45) is 0 Å². The first-order valence-corrected chi connectivity index (χ1v) is 9.39. The second-order valence-corrected chi connectivity index (χ2v) is 6.81. The summed E-state index contributed by atoms with van der Waals surface area (Å²) >= 11 is 0. The summed E-state index contributed by atoms with van der Waals surface area (Å²) in [5, 5.41) is 0. The van der Waals surface area contributed by atoms with Gasteiger partial charge in [-0.15, -0.1) is 0 Å². The van der Waals surface area contributed by atoms with Crippen LogP contribution in [0.3, 0.4) is 0 Å². The summed E-state index contributed by atoms with van der Waals surface area (Å²) in [6.07, 6.45) is 0.838. The van der Waals surface area contributed by atoms with Gasteiger partial charge >= 0.3 is 0 Å². The molecule has 4 aromatic rings. The molecule has 0 saturated carbocycles. The van der Waals surface area contributed by atoms with Gasteiger partial charge in [-0.1, -0.05) is 24.3 Å². The largest absolute Gasteiger partial charge is 0.457 e. The van der Waals surface area contributed by atoms with Crippen LogP contribution in [-0.2, 0) is 6.42 Å². The fourth-order valence-electron chi connectivity index (χ4n) is 2.93. The molecular formula is C25H22N2O2. The van der Waals surface area contributed by atoms with E-state index in [-0.39, 0.29) is 0 Å². The Kier molecular flexibility index (Phi) is 5.34. The quantitative estimate of drug-likeness (QED) is 0.400. The molecule has 4 heteroatoms. The molecule has 0 bridgehead atoms. The molecule has 29 heavy (non-hydrogen) atoms. The normalized spacial score (nSPS) is 10.5. The van der Waals surface area contributed by atoms with Crippen molar-refractivity contribution >= 4 is 11.4 Å². The molecule has 0 atom stereocenters. The molecule has 0 radical (unpaired) electrons. The van der Waals surface area contributed by atoms with Crippen LogP contribution < -0.4 is 20.9 Å². The van der Waals surface area contributed by atoms with E-state index in [1.54, 1.807) is 0 Å². The fourth-order valence-corrected chi connectivity index (χ4v) is 2.93. The van der Waals surface area contributed by atoms with Gasteiger partial charge in [-0.25, -0.2) is 0 Å². The molecule has 0 fully saturated rings. The Morgan fingerprint density at radius 2 is 0.690 bits per heavy atom. The third-order valence-corrected chi connectivity index (χ3v) is 4.49. The summed E-state index contributed by atoms with van der Waals surface area (Å²) in [6, 6.07) is 30.9. The molecule has 4 nitrogen and oxygen atoms in total. The number of ether oxygens (including phenoxy) is 2. The van der Waals surface area contributed by atoms with Gasteiger partial charge in [-0.2, -0.15) is 0 Å². The maximum atomic E-state index is 5.84. The molecule has 144 valence electrons. The average molecular weight is 382 g/mol. The average Bonchev–Trinajstić information content (AvgIpc) is 2.74. The summed E-state index contributed by atoms with van der Waals surface area (Å²) in [6.45, 7) is 0. The van der Waals surface area contributed by atoms with E-state index in [1.807, 2.05) is 72.8 Å². The SMILES string of the molecule is Nc1ccc(Oc2ccc(Cc3ccc(Oc4ccc(N)cc4)cc3)cc2)cc1. The van der Waals surface area contributed by atoms with E-state index in [0.29, 0.717) is 0 Å². The molecular weight excluding hydrogens is 360 g/mol. The monoisotopic (exact) mass is 382 g/mol. The van der Waals surface area contributed by atoms with Crippen molar-refractivity contribution in [3.05, 3.63) is 108 Å². The maximum Gasteiger partial charge on any atom is 0.127 e. The maximum absolute atomic E-state index is 5.84. The highest BCUT2D eigenvalue weighted by Gasteiger charge is 2.02. The third kappa shape index (κ3) is 5.08. The molecule has 0 saturated heterocycles.